The predicted molar refractivity (Wildman–Crippen MR) is 108 cm³/mol. The number of nitrogens with zero attached hydrogens (tertiary/aromatic N) is 1. The fraction of sp³-hybridized carbons (Fsp3) is 0.100. The summed E-state index contributed by atoms with van der Waals surface area (Å²) in [6, 6.07) is 22.2. The van der Waals surface area contributed by atoms with E-state index in [4.69, 9.17) is 0 Å². The quantitative estimate of drug-likeness (QED) is 0.654. The highest BCUT2D eigenvalue weighted by Crippen LogP contribution is 2.28. The van der Waals surface area contributed by atoms with Gasteiger partial charge < -0.3 is 5.32 Å². The number of fused-ring (bicyclic) bond motifs is 1. The standard InChI is InChI=1S/C20H15BrN2OS/c21-15-8-10-16(11-9-15)22-20-23-19(24)18(25-20)12-14-6-3-5-13-4-1-2-7-17(13)14/h1-11,18H,12H2,(H,22,23,24)/t18-/m1/s1. The van der Waals surface area contributed by atoms with E-state index in [0.29, 0.717) is 11.6 Å². The van der Waals surface area contributed by atoms with Gasteiger partial charge in [-0.1, -0.05) is 70.2 Å². The van der Waals surface area contributed by atoms with Crippen molar-refractivity contribution in [3.63, 3.8) is 0 Å². The van der Waals surface area contributed by atoms with Crippen molar-refractivity contribution in [1.82, 2.24) is 5.32 Å². The molecule has 0 aromatic heterocycles. The summed E-state index contributed by atoms with van der Waals surface area (Å²) in [6.07, 6.45) is 0.692. The monoisotopic (exact) mass is 410 g/mol. The highest BCUT2D eigenvalue weighted by molar-refractivity contribution is 9.10. The Morgan fingerprint density at radius 3 is 2.60 bits per heavy atom. The summed E-state index contributed by atoms with van der Waals surface area (Å²) in [5, 5.41) is 5.82. The van der Waals surface area contributed by atoms with Crippen molar-refractivity contribution in [3.8, 4) is 0 Å². The van der Waals surface area contributed by atoms with Gasteiger partial charge in [-0.3, -0.25) is 4.79 Å². The molecule has 0 radical (unpaired) electrons. The molecule has 3 aromatic rings. The van der Waals surface area contributed by atoms with E-state index in [-0.39, 0.29) is 11.2 Å². The molecule has 124 valence electrons. The second-order valence-corrected chi connectivity index (χ2v) is 7.94. The maximum atomic E-state index is 12.3. The molecule has 1 aliphatic heterocycles. The summed E-state index contributed by atoms with van der Waals surface area (Å²) >= 11 is 4.91. The lowest BCUT2D eigenvalue weighted by Crippen LogP contribution is -2.26. The Hall–Kier alpha value is -2.11. The van der Waals surface area contributed by atoms with E-state index in [2.05, 4.69) is 50.5 Å². The van der Waals surface area contributed by atoms with Gasteiger partial charge in [-0.25, -0.2) is 4.99 Å². The van der Waals surface area contributed by atoms with Crippen LogP contribution in [0.15, 0.2) is 76.2 Å². The largest absolute Gasteiger partial charge is 0.304 e. The molecule has 5 heteroatoms. The van der Waals surface area contributed by atoms with Crippen molar-refractivity contribution < 1.29 is 4.79 Å². The Morgan fingerprint density at radius 2 is 1.76 bits per heavy atom. The number of hydrogen-bond donors (Lipinski definition) is 1. The van der Waals surface area contributed by atoms with Crippen LogP contribution in [0, 0.1) is 0 Å². The summed E-state index contributed by atoms with van der Waals surface area (Å²) in [5.74, 6) is 0.0220. The summed E-state index contributed by atoms with van der Waals surface area (Å²) < 4.78 is 1.01. The van der Waals surface area contributed by atoms with Crippen LogP contribution in [0.2, 0.25) is 0 Å². The van der Waals surface area contributed by atoms with Gasteiger partial charge in [0.1, 0.15) is 0 Å². The van der Waals surface area contributed by atoms with Crippen LogP contribution in [-0.2, 0) is 11.2 Å². The van der Waals surface area contributed by atoms with Crippen LogP contribution in [0.1, 0.15) is 5.56 Å². The molecule has 3 aromatic carbocycles. The molecular formula is C20H15BrN2OS. The van der Waals surface area contributed by atoms with Gasteiger partial charge in [-0.2, -0.15) is 0 Å². The maximum Gasteiger partial charge on any atom is 0.239 e. The maximum absolute atomic E-state index is 12.3. The number of benzene rings is 3. The second-order valence-electron chi connectivity index (χ2n) is 5.83. The third-order valence-electron chi connectivity index (χ3n) is 4.12. The van der Waals surface area contributed by atoms with Gasteiger partial charge in [0.15, 0.2) is 5.17 Å². The van der Waals surface area contributed by atoms with E-state index in [0.717, 1.165) is 10.2 Å². The van der Waals surface area contributed by atoms with Gasteiger partial charge in [0.2, 0.25) is 5.91 Å². The molecule has 0 bridgehead atoms. The molecule has 1 atom stereocenters. The number of aliphatic imine (C=N–C) groups is 1. The number of rotatable bonds is 3. The lowest BCUT2D eigenvalue weighted by Gasteiger charge is -2.09. The Labute approximate surface area is 158 Å². The number of carbonyl (C=O) groups excluding carboxylic acids is 1. The van der Waals surface area contributed by atoms with Gasteiger partial charge >= 0.3 is 0 Å². The molecular weight excluding hydrogens is 396 g/mol. The Kier molecular flexibility index (Phi) is 4.59. The first-order valence-corrected chi connectivity index (χ1v) is 9.65. The molecule has 25 heavy (non-hydrogen) atoms. The van der Waals surface area contributed by atoms with Gasteiger partial charge in [-0.15, -0.1) is 0 Å². The zero-order valence-electron chi connectivity index (χ0n) is 13.3. The molecule has 0 aliphatic carbocycles. The molecule has 0 saturated carbocycles. The van der Waals surface area contributed by atoms with E-state index in [1.165, 1.54) is 28.1 Å². The van der Waals surface area contributed by atoms with Crippen molar-refractivity contribution in [2.45, 2.75) is 11.7 Å². The first-order valence-electron chi connectivity index (χ1n) is 7.97. The fourth-order valence-corrected chi connectivity index (χ4v) is 4.18. The van der Waals surface area contributed by atoms with E-state index in [9.17, 15) is 4.79 Å². The molecule has 3 nitrogen and oxygen atoms in total. The minimum absolute atomic E-state index is 0.0220. The first-order chi connectivity index (χ1) is 12.2. The van der Waals surface area contributed by atoms with Crippen LogP contribution in [0.4, 0.5) is 5.69 Å². The first kappa shape index (κ1) is 16.4. The molecule has 1 aliphatic rings. The highest BCUT2D eigenvalue weighted by Gasteiger charge is 2.30. The number of nitrogens with one attached hydrogen (secondary N) is 1. The number of halogens is 1. The molecule has 1 amide bonds. The fourth-order valence-electron chi connectivity index (χ4n) is 2.90. The molecule has 1 saturated heterocycles. The zero-order valence-corrected chi connectivity index (χ0v) is 15.7. The van der Waals surface area contributed by atoms with Crippen LogP contribution in [0.5, 0.6) is 0 Å². The predicted octanol–water partition coefficient (Wildman–Crippen LogP) is 5.06. The Bertz CT molecular complexity index is 964. The number of hydrogen-bond acceptors (Lipinski definition) is 3. The van der Waals surface area contributed by atoms with Crippen LogP contribution < -0.4 is 5.32 Å². The molecule has 1 fully saturated rings. The van der Waals surface area contributed by atoms with Crippen molar-refractivity contribution in [3.05, 3.63) is 76.8 Å². The topological polar surface area (TPSA) is 41.5 Å². The molecule has 1 N–H and O–H groups in total. The van der Waals surface area contributed by atoms with E-state index in [1.54, 1.807) is 0 Å². The smallest absolute Gasteiger partial charge is 0.239 e. The molecule has 1 heterocycles. The van der Waals surface area contributed by atoms with E-state index in [1.807, 2.05) is 42.5 Å². The number of thioether (sulfide) groups is 1. The summed E-state index contributed by atoms with van der Waals surface area (Å²) in [7, 11) is 0. The SMILES string of the molecule is O=C1NC(=Nc2ccc(Br)cc2)S[C@@H]1Cc1cccc2ccccc12. The van der Waals surface area contributed by atoms with E-state index >= 15 is 0 Å². The highest BCUT2D eigenvalue weighted by atomic mass is 79.9. The van der Waals surface area contributed by atoms with Crippen LogP contribution in [0.25, 0.3) is 10.8 Å². The van der Waals surface area contributed by atoms with Crippen LogP contribution in [-0.4, -0.2) is 16.3 Å². The number of carbonyl (C=O) groups is 1. The van der Waals surface area contributed by atoms with Crippen LogP contribution >= 0.6 is 27.7 Å². The van der Waals surface area contributed by atoms with Gasteiger partial charge in [0, 0.05) is 4.47 Å². The van der Waals surface area contributed by atoms with Gasteiger partial charge in [0.25, 0.3) is 0 Å². The minimum atomic E-state index is -0.153. The average molecular weight is 411 g/mol. The third-order valence-corrected chi connectivity index (χ3v) is 5.73. The number of amides is 1. The van der Waals surface area contributed by atoms with Crippen molar-refractivity contribution >= 4 is 55.2 Å². The minimum Gasteiger partial charge on any atom is -0.304 e. The summed E-state index contributed by atoms with van der Waals surface area (Å²) in [6.45, 7) is 0. The Morgan fingerprint density at radius 1 is 1.00 bits per heavy atom. The van der Waals surface area contributed by atoms with Gasteiger partial charge in [0.05, 0.1) is 10.9 Å². The molecule has 0 unspecified atom stereocenters. The van der Waals surface area contributed by atoms with Crippen LogP contribution in [0.3, 0.4) is 0 Å². The molecule has 0 spiro atoms. The number of amidine groups is 1. The summed E-state index contributed by atoms with van der Waals surface area (Å²) in [4.78, 5) is 16.9. The average Bonchev–Trinajstić information content (AvgIpc) is 2.96. The lowest BCUT2D eigenvalue weighted by atomic mass is 10.0. The van der Waals surface area contributed by atoms with Gasteiger partial charge in [-0.05, 0) is 47.0 Å². The van der Waals surface area contributed by atoms with Crippen molar-refractivity contribution in [2.24, 2.45) is 4.99 Å². The zero-order chi connectivity index (χ0) is 17.2. The second kappa shape index (κ2) is 7.02. The normalized spacial score (nSPS) is 18.7. The Balaban J connectivity index is 1.55. The molecule has 4 rings (SSSR count). The third kappa shape index (κ3) is 3.62. The summed E-state index contributed by atoms with van der Waals surface area (Å²) in [5.41, 5.74) is 2.02. The lowest BCUT2D eigenvalue weighted by molar-refractivity contribution is -0.118. The van der Waals surface area contributed by atoms with Crippen molar-refractivity contribution in [1.29, 1.82) is 0 Å². The van der Waals surface area contributed by atoms with Crippen molar-refractivity contribution in [2.75, 3.05) is 0 Å². The van der Waals surface area contributed by atoms with E-state index < -0.39 is 0 Å².